The second-order valence-electron chi connectivity index (χ2n) is 6.78. The van der Waals surface area contributed by atoms with E-state index >= 15 is 0 Å². The topological polar surface area (TPSA) is 49.3 Å². The zero-order chi connectivity index (χ0) is 18.1. The third-order valence-electron chi connectivity index (χ3n) is 4.60. The number of aliphatic carboxylic acids is 1. The molecule has 0 saturated heterocycles. The highest BCUT2D eigenvalue weighted by Gasteiger charge is 2.16. The SMILES string of the molecule is CCC(Cc1ccc(C)cc1)NC(CCC(=O)O)Cc1ccccc1. The van der Waals surface area contributed by atoms with Gasteiger partial charge < -0.3 is 10.4 Å². The molecule has 0 amide bonds. The van der Waals surface area contributed by atoms with Crippen molar-refractivity contribution in [1.29, 1.82) is 0 Å². The van der Waals surface area contributed by atoms with E-state index in [0.29, 0.717) is 12.5 Å². The minimum Gasteiger partial charge on any atom is -0.481 e. The Labute approximate surface area is 151 Å². The van der Waals surface area contributed by atoms with Crippen molar-refractivity contribution in [3.05, 3.63) is 71.3 Å². The molecule has 2 aromatic rings. The van der Waals surface area contributed by atoms with Crippen molar-refractivity contribution in [2.24, 2.45) is 0 Å². The molecule has 2 aromatic carbocycles. The fraction of sp³-hybridized carbons (Fsp3) is 0.409. The highest BCUT2D eigenvalue weighted by molar-refractivity contribution is 5.66. The van der Waals surface area contributed by atoms with Gasteiger partial charge in [-0.05, 0) is 43.7 Å². The number of nitrogens with one attached hydrogen (secondary N) is 1. The predicted octanol–water partition coefficient (Wildman–Crippen LogP) is 4.38. The third-order valence-corrected chi connectivity index (χ3v) is 4.60. The van der Waals surface area contributed by atoms with Gasteiger partial charge in [-0.25, -0.2) is 0 Å². The lowest BCUT2D eigenvalue weighted by atomic mass is 9.97. The number of hydrogen-bond acceptors (Lipinski definition) is 2. The van der Waals surface area contributed by atoms with Crippen LogP contribution in [0.15, 0.2) is 54.6 Å². The van der Waals surface area contributed by atoms with Crippen molar-refractivity contribution in [3.63, 3.8) is 0 Å². The van der Waals surface area contributed by atoms with Crippen LogP contribution in [-0.2, 0) is 17.6 Å². The minimum absolute atomic E-state index is 0.175. The molecule has 2 N–H and O–H groups in total. The summed E-state index contributed by atoms with van der Waals surface area (Å²) in [4.78, 5) is 11.0. The standard InChI is InChI=1S/C22H29NO2/c1-3-20(15-19-11-9-17(2)10-12-19)23-21(13-14-22(24)25)16-18-7-5-4-6-8-18/h4-12,20-21,23H,3,13-16H2,1-2H3,(H,24,25). The number of hydrogen-bond donors (Lipinski definition) is 2. The van der Waals surface area contributed by atoms with Crippen LogP contribution in [0.1, 0.15) is 42.9 Å². The number of rotatable bonds is 10. The molecule has 0 radical (unpaired) electrons. The second kappa shape index (κ2) is 10.00. The van der Waals surface area contributed by atoms with E-state index < -0.39 is 5.97 Å². The Bertz CT molecular complexity index is 637. The van der Waals surface area contributed by atoms with Gasteiger partial charge in [-0.1, -0.05) is 67.1 Å². The minimum atomic E-state index is -0.730. The van der Waals surface area contributed by atoms with E-state index in [1.54, 1.807) is 0 Å². The summed E-state index contributed by atoms with van der Waals surface area (Å²) in [7, 11) is 0. The molecule has 134 valence electrons. The molecule has 3 nitrogen and oxygen atoms in total. The van der Waals surface area contributed by atoms with Gasteiger partial charge in [0.05, 0.1) is 0 Å². The molecule has 0 heterocycles. The van der Waals surface area contributed by atoms with Crippen LogP contribution in [0.4, 0.5) is 0 Å². The van der Waals surface area contributed by atoms with Gasteiger partial charge in [-0.2, -0.15) is 0 Å². The van der Waals surface area contributed by atoms with Gasteiger partial charge in [0.25, 0.3) is 0 Å². The molecule has 0 saturated carbocycles. The molecule has 2 atom stereocenters. The van der Waals surface area contributed by atoms with E-state index in [1.807, 2.05) is 18.2 Å². The molecule has 0 fully saturated rings. The number of carbonyl (C=O) groups is 1. The van der Waals surface area contributed by atoms with E-state index in [1.165, 1.54) is 16.7 Å². The quantitative estimate of drug-likeness (QED) is 0.675. The molecule has 0 aliphatic carbocycles. The molecule has 0 bridgehead atoms. The van der Waals surface area contributed by atoms with Crippen molar-refractivity contribution in [3.8, 4) is 0 Å². The summed E-state index contributed by atoms with van der Waals surface area (Å²) in [6.45, 7) is 4.28. The smallest absolute Gasteiger partial charge is 0.303 e. The molecule has 0 aliphatic heterocycles. The molecule has 3 heteroatoms. The first kappa shape index (κ1) is 19.2. The maximum absolute atomic E-state index is 11.0. The predicted molar refractivity (Wildman–Crippen MR) is 103 cm³/mol. The van der Waals surface area contributed by atoms with Crippen LogP contribution in [0.2, 0.25) is 0 Å². The zero-order valence-corrected chi connectivity index (χ0v) is 15.2. The summed E-state index contributed by atoms with van der Waals surface area (Å²) in [5, 5.41) is 12.8. The van der Waals surface area contributed by atoms with Crippen molar-refractivity contribution < 1.29 is 9.90 Å². The number of aryl methyl sites for hydroxylation is 1. The van der Waals surface area contributed by atoms with Crippen molar-refractivity contribution in [2.75, 3.05) is 0 Å². The van der Waals surface area contributed by atoms with Gasteiger partial charge >= 0.3 is 5.97 Å². The second-order valence-corrected chi connectivity index (χ2v) is 6.78. The molecule has 0 aromatic heterocycles. The van der Waals surface area contributed by atoms with Crippen LogP contribution in [0, 0.1) is 6.92 Å². The van der Waals surface area contributed by atoms with Gasteiger partial charge in [0, 0.05) is 18.5 Å². The Morgan fingerprint density at radius 2 is 1.56 bits per heavy atom. The Balaban J connectivity index is 2.01. The van der Waals surface area contributed by atoms with E-state index in [-0.39, 0.29) is 12.5 Å². The van der Waals surface area contributed by atoms with Crippen LogP contribution in [0.3, 0.4) is 0 Å². The summed E-state index contributed by atoms with van der Waals surface area (Å²) >= 11 is 0. The first-order valence-corrected chi connectivity index (χ1v) is 9.14. The molecular formula is C22H29NO2. The first-order chi connectivity index (χ1) is 12.1. The average molecular weight is 339 g/mol. The van der Waals surface area contributed by atoms with Crippen LogP contribution in [0.25, 0.3) is 0 Å². The van der Waals surface area contributed by atoms with Crippen molar-refractivity contribution >= 4 is 5.97 Å². The lowest BCUT2D eigenvalue weighted by molar-refractivity contribution is -0.137. The largest absolute Gasteiger partial charge is 0.481 e. The number of carboxylic acid groups (broad SMARTS) is 1. The van der Waals surface area contributed by atoms with Gasteiger partial charge in [-0.15, -0.1) is 0 Å². The Kier molecular flexibility index (Phi) is 7.68. The molecule has 0 aliphatic rings. The molecular weight excluding hydrogens is 310 g/mol. The lowest BCUT2D eigenvalue weighted by Gasteiger charge is -2.25. The Morgan fingerprint density at radius 1 is 0.960 bits per heavy atom. The highest BCUT2D eigenvalue weighted by atomic mass is 16.4. The summed E-state index contributed by atoms with van der Waals surface area (Å²) in [5.41, 5.74) is 3.84. The molecule has 2 unspecified atom stereocenters. The van der Waals surface area contributed by atoms with E-state index in [9.17, 15) is 4.79 Å². The highest BCUT2D eigenvalue weighted by Crippen LogP contribution is 2.13. The zero-order valence-electron chi connectivity index (χ0n) is 15.2. The summed E-state index contributed by atoms with van der Waals surface area (Å²) in [6, 6.07) is 19.5. The summed E-state index contributed by atoms with van der Waals surface area (Å²) < 4.78 is 0. The monoisotopic (exact) mass is 339 g/mol. The van der Waals surface area contributed by atoms with Crippen LogP contribution < -0.4 is 5.32 Å². The summed E-state index contributed by atoms with van der Waals surface area (Å²) in [6.07, 6.45) is 3.69. The van der Waals surface area contributed by atoms with Gasteiger partial charge in [0.1, 0.15) is 0 Å². The summed E-state index contributed by atoms with van der Waals surface area (Å²) in [5.74, 6) is -0.730. The van der Waals surface area contributed by atoms with Crippen LogP contribution >= 0.6 is 0 Å². The first-order valence-electron chi connectivity index (χ1n) is 9.14. The van der Waals surface area contributed by atoms with Gasteiger partial charge in [0.15, 0.2) is 0 Å². The van der Waals surface area contributed by atoms with Gasteiger partial charge in [0.2, 0.25) is 0 Å². The maximum atomic E-state index is 11.0. The molecule has 0 spiro atoms. The van der Waals surface area contributed by atoms with Crippen molar-refractivity contribution in [2.45, 2.75) is 58.0 Å². The van der Waals surface area contributed by atoms with Crippen molar-refractivity contribution in [1.82, 2.24) is 5.32 Å². The number of carboxylic acids is 1. The maximum Gasteiger partial charge on any atom is 0.303 e. The van der Waals surface area contributed by atoms with Gasteiger partial charge in [-0.3, -0.25) is 4.79 Å². The Hall–Kier alpha value is -2.13. The lowest BCUT2D eigenvalue weighted by Crippen LogP contribution is -2.41. The molecule has 25 heavy (non-hydrogen) atoms. The van der Waals surface area contributed by atoms with Crippen LogP contribution in [-0.4, -0.2) is 23.2 Å². The average Bonchev–Trinajstić information content (AvgIpc) is 2.61. The Morgan fingerprint density at radius 3 is 2.16 bits per heavy atom. The molecule has 2 rings (SSSR count). The fourth-order valence-corrected chi connectivity index (χ4v) is 3.10. The van der Waals surface area contributed by atoms with E-state index in [2.05, 4.69) is 55.6 Å². The van der Waals surface area contributed by atoms with E-state index in [0.717, 1.165) is 19.3 Å². The van der Waals surface area contributed by atoms with Crippen LogP contribution in [0.5, 0.6) is 0 Å². The fourth-order valence-electron chi connectivity index (χ4n) is 3.10. The number of benzene rings is 2. The van der Waals surface area contributed by atoms with E-state index in [4.69, 9.17) is 5.11 Å². The normalized spacial score (nSPS) is 13.4. The third kappa shape index (κ3) is 7.10.